The van der Waals surface area contributed by atoms with Gasteiger partial charge in [-0.15, -0.1) is 0 Å². The fraction of sp³-hybridized carbons (Fsp3) is 0.600. The molecule has 1 unspecified atom stereocenters. The van der Waals surface area contributed by atoms with Gasteiger partial charge in [0.25, 0.3) is 0 Å². The number of alkyl halides is 1. The van der Waals surface area contributed by atoms with Gasteiger partial charge in [-0.25, -0.2) is 0 Å². The van der Waals surface area contributed by atoms with Gasteiger partial charge in [-0.2, -0.15) is 0 Å². The molecule has 0 spiro atoms. The van der Waals surface area contributed by atoms with Crippen LogP contribution in [0.4, 0.5) is 0 Å². The van der Waals surface area contributed by atoms with Crippen LogP contribution in [0.2, 0.25) is 5.02 Å². The molecule has 0 aliphatic heterocycles. The minimum atomic E-state index is 0.633. The minimum absolute atomic E-state index is 0.633. The Bertz CT molecular complexity index is 294. The second-order valence-electron chi connectivity index (χ2n) is 4.61. The van der Waals surface area contributed by atoms with E-state index in [9.17, 15) is 0 Å². The topological polar surface area (TPSA) is 0 Å². The second kappa shape index (κ2) is 8.99. The van der Waals surface area contributed by atoms with Crippen LogP contribution in [0.15, 0.2) is 24.3 Å². The van der Waals surface area contributed by atoms with Gasteiger partial charge in [-0.3, -0.25) is 0 Å². The molecule has 0 saturated heterocycles. The van der Waals surface area contributed by atoms with Gasteiger partial charge in [-0.05, 0) is 30.0 Å². The van der Waals surface area contributed by atoms with E-state index in [4.69, 9.17) is 11.6 Å². The Labute approximate surface area is 119 Å². The van der Waals surface area contributed by atoms with Crippen LogP contribution in [-0.4, -0.2) is 5.33 Å². The second-order valence-corrected chi connectivity index (χ2v) is 5.69. The highest BCUT2D eigenvalue weighted by molar-refractivity contribution is 9.09. The first-order chi connectivity index (χ1) is 8.27. The number of hydrogen-bond acceptors (Lipinski definition) is 0. The lowest BCUT2D eigenvalue weighted by Crippen LogP contribution is -2.00. The summed E-state index contributed by atoms with van der Waals surface area (Å²) in [5.41, 5.74) is 1.40. The summed E-state index contributed by atoms with van der Waals surface area (Å²) in [5, 5.41) is 1.87. The summed E-state index contributed by atoms with van der Waals surface area (Å²) in [6.07, 6.45) is 8.05. The Balaban J connectivity index is 2.35. The predicted octanol–water partition coefficient (Wildman–Crippen LogP) is 6.18. The molecule has 0 radical (unpaired) electrons. The average molecular weight is 318 g/mol. The molecule has 1 aromatic carbocycles. The Kier molecular flexibility index (Phi) is 7.96. The van der Waals surface area contributed by atoms with Crippen molar-refractivity contribution >= 4 is 27.5 Å². The first kappa shape index (κ1) is 15.0. The molecule has 0 amide bonds. The van der Waals surface area contributed by atoms with Crippen LogP contribution in [0, 0.1) is 0 Å². The SMILES string of the molecule is CCCCCCCC(CBr)c1ccc(Cl)cc1. The summed E-state index contributed by atoms with van der Waals surface area (Å²) in [4.78, 5) is 0. The molecule has 0 bridgehead atoms. The normalized spacial score (nSPS) is 12.6. The fourth-order valence-corrected chi connectivity index (χ4v) is 2.89. The quantitative estimate of drug-likeness (QED) is 0.397. The van der Waals surface area contributed by atoms with E-state index >= 15 is 0 Å². The molecule has 0 fully saturated rings. The first-order valence-corrected chi connectivity index (χ1v) is 8.09. The Hall–Kier alpha value is -0.0100. The highest BCUT2D eigenvalue weighted by atomic mass is 79.9. The molecule has 1 aromatic rings. The third-order valence-electron chi connectivity index (χ3n) is 3.18. The lowest BCUT2D eigenvalue weighted by Gasteiger charge is -2.14. The number of halogens is 2. The van der Waals surface area contributed by atoms with Crippen LogP contribution in [0.5, 0.6) is 0 Å². The molecule has 0 N–H and O–H groups in total. The van der Waals surface area contributed by atoms with Gasteiger partial charge < -0.3 is 0 Å². The van der Waals surface area contributed by atoms with Crippen molar-refractivity contribution in [3.05, 3.63) is 34.9 Å². The van der Waals surface area contributed by atoms with Gasteiger partial charge in [0.1, 0.15) is 0 Å². The van der Waals surface area contributed by atoms with Gasteiger partial charge in [0, 0.05) is 10.4 Å². The van der Waals surface area contributed by atoms with Crippen molar-refractivity contribution < 1.29 is 0 Å². The predicted molar refractivity (Wildman–Crippen MR) is 81.4 cm³/mol. The van der Waals surface area contributed by atoms with Crippen molar-refractivity contribution in [1.29, 1.82) is 0 Å². The van der Waals surface area contributed by atoms with Crippen molar-refractivity contribution in [3.8, 4) is 0 Å². The Morgan fingerprint density at radius 2 is 1.71 bits per heavy atom. The zero-order chi connectivity index (χ0) is 12.5. The van der Waals surface area contributed by atoms with E-state index in [-0.39, 0.29) is 0 Å². The molecule has 96 valence electrons. The molecule has 0 aliphatic carbocycles. The molecule has 17 heavy (non-hydrogen) atoms. The smallest absolute Gasteiger partial charge is 0.0406 e. The van der Waals surface area contributed by atoms with Crippen LogP contribution in [0.1, 0.15) is 56.9 Å². The summed E-state index contributed by atoms with van der Waals surface area (Å²) in [5.74, 6) is 0.633. The molecule has 0 aromatic heterocycles. The molecule has 1 rings (SSSR count). The summed E-state index contributed by atoms with van der Waals surface area (Å²) in [7, 11) is 0. The van der Waals surface area contributed by atoms with Gasteiger partial charge in [0.05, 0.1) is 0 Å². The minimum Gasteiger partial charge on any atom is -0.0921 e. The number of benzene rings is 1. The highest BCUT2D eigenvalue weighted by Gasteiger charge is 2.09. The molecule has 0 aliphatic rings. The van der Waals surface area contributed by atoms with Gasteiger partial charge in [-0.1, -0.05) is 78.7 Å². The highest BCUT2D eigenvalue weighted by Crippen LogP contribution is 2.26. The van der Waals surface area contributed by atoms with Crippen molar-refractivity contribution in [2.75, 3.05) is 5.33 Å². The van der Waals surface area contributed by atoms with E-state index in [1.165, 1.54) is 44.1 Å². The third kappa shape index (κ3) is 5.92. The molecule has 1 atom stereocenters. The van der Waals surface area contributed by atoms with E-state index < -0.39 is 0 Å². The monoisotopic (exact) mass is 316 g/mol. The number of hydrogen-bond donors (Lipinski definition) is 0. The van der Waals surface area contributed by atoms with Crippen molar-refractivity contribution in [2.24, 2.45) is 0 Å². The molecule has 2 heteroatoms. The summed E-state index contributed by atoms with van der Waals surface area (Å²) in [6, 6.07) is 8.29. The lowest BCUT2D eigenvalue weighted by molar-refractivity contribution is 0.571. The summed E-state index contributed by atoms with van der Waals surface area (Å²) < 4.78 is 0. The summed E-state index contributed by atoms with van der Waals surface area (Å²) >= 11 is 9.53. The standard InChI is InChI=1S/C15H22BrCl/c1-2-3-4-5-6-7-14(12-16)13-8-10-15(17)11-9-13/h8-11,14H,2-7,12H2,1H3. The van der Waals surface area contributed by atoms with Gasteiger partial charge in [0.2, 0.25) is 0 Å². The number of rotatable bonds is 8. The summed E-state index contributed by atoms with van der Waals surface area (Å²) in [6.45, 7) is 2.26. The molecule has 0 nitrogen and oxygen atoms in total. The average Bonchev–Trinajstić information content (AvgIpc) is 2.35. The Morgan fingerprint density at radius 3 is 2.29 bits per heavy atom. The zero-order valence-electron chi connectivity index (χ0n) is 10.6. The van der Waals surface area contributed by atoms with Crippen LogP contribution < -0.4 is 0 Å². The molecule has 0 heterocycles. The van der Waals surface area contributed by atoms with E-state index in [2.05, 4.69) is 35.0 Å². The molecular weight excluding hydrogens is 296 g/mol. The van der Waals surface area contributed by atoms with Crippen LogP contribution in [-0.2, 0) is 0 Å². The largest absolute Gasteiger partial charge is 0.0921 e. The zero-order valence-corrected chi connectivity index (χ0v) is 12.9. The van der Waals surface area contributed by atoms with Crippen LogP contribution in [0.3, 0.4) is 0 Å². The van der Waals surface area contributed by atoms with Crippen LogP contribution >= 0.6 is 27.5 Å². The maximum Gasteiger partial charge on any atom is 0.0406 e. The number of unbranched alkanes of at least 4 members (excludes halogenated alkanes) is 4. The van der Waals surface area contributed by atoms with Crippen molar-refractivity contribution in [1.82, 2.24) is 0 Å². The van der Waals surface area contributed by atoms with E-state index in [1.807, 2.05) is 12.1 Å². The fourth-order valence-electron chi connectivity index (χ4n) is 2.06. The van der Waals surface area contributed by atoms with Crippen LogP contribution in [0.25, 0.3) is 0 Å². The van der Waals surface area contributed by atoms with Crippen molar-refractivity contribution in [2.45, 2.75) is 51.4 Å². The van der Waals surface area contributed by atoms with E-state index in [1.54, 1.807) is 0 Å². The first-order valence-electron chi connectivity index (χ1n) is 6.59. The van der Waals surface area contributed by atoms with Gasteiger partial charge in [0.15, 0.2) is 0 Å². The lowest BCUT2D eigenvalue weighted by atomic mass is 9.95. The Morgan fingerprint density at radius 1 is 1.06 bits per heavy atom. The maximum atomic E-state index is 5.91. The molecule has 0 saturated carbocycles. The van der Waals surface area contributed by atoms with E-state index in [0.717, 1.165) is 10.4 Å². The molecular formula is C15H22BrCl. The third-order valence-corrected chi connectivity index (χ3v) is 4.22. The van der Waals surface area contributed by atoms with Crippen molar-refractivity contribution in [3.63, 3.8) is 0 Å². The maximum absolute atomic E-state index is 5.91. The van der Waals surface area contributed by atoms with Gasteiger partial charge >= 0.3 is 0 Å². The van der Waals surface area contributed by atoms with E-state index in [0.29, 0.717) is 5.92 Å².